The molecule has 0 spiro atoms. The van der Waals surface area contributed by atoms with Gasteiger partial charge in [-0.15, -0.1) is 0 Å². The fourth-order valence-electron chi connectivity index (χ4n) is 2.96. The number of carbonyl (C=O) groups excluding carboxylic acids is 2. The Morgan fingerprint density at radius 3 is 3.05 bits per heavy atom. The molecule has 0 unspecified atom stereocenters. The van der Waals surface area contributed by atoms with E-state index in [1.165, 1.54) is 0 Å². The first-order valence-electron chi connectivity index (χ1n) is 8.10. The van der Waals surface area contributed by atoms with Crippen molar-refractivity contribution >= 4 is 11.8 Å². The number of nitrogens with zero attached hydrogens (tertiary/aromatic N) is 2. The highest BCUT2D eigenvalue weighted by Crippen LogP contribution is 2.07. The van der Waals surface area contributed by atoms with Crippen molar-refractivity contribution in [3.8, 4) is 0 Å². The van der Waals surface area contributed by atoms with Crippen molar-refractivity contribution in [3.05, 3.63) is 0 Å². The molecule has 0 aliphatic carbocycles. The highest BCUT2D eigenvalue weighted by Gasteiger charge is 2.26. The third-order valence-corrected chi connectivity index (χ3v) is 4.03. The predicted octanol–water partition coefficient (Wildman–Crippen LogP) is -0.966. The van der Waals surface area contributed by atoms with Gasteiger partial charge >= 0.3 is 0 Å². The number of carbonyl (C=O) groups is 2. The van der Waals surface area contributed by atoms with Gasteiger partial charge in [0.25, 0.3) is 0 Å². The van der Waals surface area contributed by atoms with E-state index >= 15 is 0 Å². The molecule has 2 aliphatic heterocycles. The van der Waals surface area contributed by atoms with Gasteiger partial charge < -0.3 is 20.3 Å². The maximum atomic E-state index is 12.2. The summed E-state index contributed by atoms with van der Waals surface area (Å²) in [7, 11) is 4.03. The van der Waals surface area contributed by atoms with Gasteiger partial charge in [-0.1, -0.05) is 0 Å². The first kappa shape index (κ1) is 17.2. The monoisotopic (exact) mass is 312 g/mol. The molecule has 2 fully saturated rings. The molecule has 2 amide bonds. The minimum absolute atomic E-state index is 0.0571. The van der Waals surface area contributed by atoms with E-state index in [0.29, 0.717) is 19.7 Å². The Balaban J connectivity index is 1.77. The first-order chi connectivity index (χ1) is 10.5. The molecule has 2 atom stereocenters. The maximum absolute atomic E-state index is 12.2. The van der Waals surface area contributed by atoms with Crippen molar-refractivity contribution in [1.29, 1.82) is 0 Å². The van der Waals surface area contributed by atoms with Gasteiger partial charge in [-0.25, -0.2) is 0 Å². The molecule has 2 rings (SSSR count). The van der Waals surface area contributed by atoms with Crippen molar-refractivity contribution in [1.82, 2.24) is 20.4 Å². The van der Waals surface area contributed by atoms with Crippen LogP contribution in [0.1, 0.15) is 19.3 Å². The van der Waals surface area contributed by atoms with Gasteiger partial charge in [-0.05, 0) is 33.4 Å². The van der Waals surface area contributed by atoms with E-state index in [4.69, 9.17) is 4.74 Å². The molecule has 0 aromatic carbocycles. The molecule has 2 heterocycles. The Morgan fingerprint density at radius 1 is 1.45 bits per heavy atom. The van der Waals surface area contributed by atoms with Crippen molar-refractivity contribution in [3.63, 3.8) is 0 Å². The van der Waals surface area contributed by atoms with Gasteiger partial charge in [0, 0.05) is 26.2 Å². The summed E-state index contributed by atoms with van der Waals surface area (Å²) in [6, 6.07) is -0.381. The molecular formula is C15H28N4O3. The summed E-state index contributed by atoms with van der Waals surface area (Å²) in [5, 5.41) is 5.71. The zero-order valence-electron chi connectivity index (χ0n) is 13.6. The van der Waals surface area contributed by atoms with Crippen molar-refractivity contribution < 1.29 is 14.3 Å². The average Bonchev–Trinajstić information content (AvgIpc) is 2.64. The summed E-state index contributed by atoms with van der Waals surface area (Å²) in [5.41, 5.74) is 0. The van der Waals surface area contributed by atoms with E-state index in [1.54, 1.807) is 0 Å². The maximum Gasteiger partial charge on any atom is 0.242 e. The van der Waals surface area contributed by atoms with Crippen LogP contribution in [0.25, 0.3) is 0 Å². The van der Waals surface area contributed by atoms with Crippen LogP contribution in [0.3, 0.4) is 0 Å². The van der Waals surface area contributed by atoms with Crippen LogP contribution in [-0.4, -0.2) is 87.2 Å². The van der Waals surface area contributed by atoms with Crippen molar-refractivity contribution in [2.24, 2.45) is 0 Å². The van der Waals surface area contributed by atoms with Crippen LogP contribution in [0.4, 0.5) is 0 Å². The quantitative estimate of drug-likeness (QED) is 0.684. The standard InChI is InChI=1S/C15H28N4O3/c1-18(2)9-12-10-19(7-8-22-12)11-14(20)17-13-5-3-4-6-16-15(13)21/h12-13H,3-11H2,1-2H3,(H,16,21)(H,17,20)/t12-,13-/m0/s1. The lowest BCUT2D eigenvalue weighted by molar-refractivity contribution is -0.130. The van der Waals surface area contributed by atoms with E-state index in [9.17, 15) is 9.59 Å². The highest BCUT2D eigenvalue weighted by molar-refractivity contribution is 5.88. The van der Waals surface area contributed by atoms with Gasteiger partial charge in [0.1, 0.15) is 6.04 Å². The van der Waals surface area contributed by atoms with E-state index < -0.39 is 0 Å². The van der Waals surface area contributed by atoms with Gasteiger partial charge in [0.15, 0.2) is 0 Å². The lowest BCUT2D eigenvalue weighted by Crippen LogP contribution is -2.52. The fourth-order valence-corrected chi connectivity index (χ4v) is 2.96. The Labute approximate surface area is 132 Å². The Bertz CT molecular complexity index is 389. The van der Waals surface area contributed by atoms with Gasteiger partial charge in [0.2, 0.25) is 11.8 Å². The normalized spacial score (nSPS) is 27.3. The summed E-state index contributed by atoms with van der Waals surface area (Å²) >= 11 is 0. The molecule has 2 N–H and O–H groups in total. The first-order valence-corrected chi connectivity index (χ1v) is 8.10. The molecule has 2 aliphatic rings. The lowest BCUT2D eigenvalue weighted by Gasteiger charge is -2.33. The third-order valence-electron chi connectivity index (χ3n) is 4.03. The van der Waals surface area contributed by atoms with Gasteiger partial charge in [-0.2, -0.15) is 0 Å². The van der Waals surface area contributed by atoms with Crippen LogP contribution in [0.15, 0.2) is 0 Å². The zero-order chi connectivity index (χ0) is 15.9. The molecule has 0 aromatic rings. The molecular weight excluding hydrogens is 284 g/mol. The van der Waals surface area contributed by atoms with Crippen LogP contribution >= 0.6 is 0 Å². The smallest absolute Gasteiger partial charge is 0.242 e. The Morgan fingerprint density at radius 2 is 2.27 bits per heavy atom. The topological polar surface area (TPSA) is 73.9 Å². The molecule has 2 saturated heterocycles. The van der Waals surface area contributed by atoms with Crippen molar-refractivity contribution in [2.45, 2.75) is 31.4 Å². The van der Waals surface area contributed by atoms with Gasteiger partial charge in [-0.3, -0.25) is 14.5 Å². The SMILES string of the molecule is CN(C)C[C@H]1CN(CC(=O)N[C@H]2CCCCNC2=O)CCO1. The van der Waals surface area contributed by atoms with Gasteiger partial charge in [0.05, 0.1) is 19.3 Å². The number of morpholine rings is 1. The van der Waals surface area contributed by atoms with E-state index in [0.717, 1.165) is 38.9 Å². The molecule has 7 heteroatoms. The van der Waals surface area contributed by atoms with Crippen LogP contribution in [0, 0.1) is 0 Å². The number of hydrogen-bond acceptors (Lipinski definition) is 5. The average molecular weight is 312 g/mol. The summed E-state index contributed by atoms with van der Waals surface area (Å²) in [4.78, 5) is 28.2. The number of likely N-dealkylation sites (N-methyl/N-ethyl adjacent to an activating group) is 1. The minimum atomic E-state index is -0.381. The molecule has 7 nitrogen and oxygen atoms in total. The molecule has 0 radical (unpaired) electrons. The highest BCUT2D eigenvalue weighted by atomic mass is 16.5. The minimum Gasteiger partial charge on any atom is -0.374 e. The number of rotatable bonds is 5. The van der Waals surface area contributed by atoms with Crippen LogP contribution in [0.2, 0.25) is 0 Å². The molecule has 0 bridgehead atoms. The van der Waals surface area contributed by atoms with Crippen LogP contribution in [-0.2, 0) is 14.3 Å². The number of nitrogens with one attached hydrogen (secondary N) is 2. The molecule has 126 valence electrons. The Hall–Kier alpha value is -1.18. The molecule has 0 saturated carbocycles. The number of amides is 2. The van der Waals surface area contributed by atoms with Crippen LogP contribution in [0.5, 0.6) is 0 Å². The van der Waals surface area contributed by atoms with Crippen molar-refractivity contribution in [2.75, 3.05) is 53.4 Å². The summed E-state index contributed by atoms with van der Waals surface area (Å²) in [6.07, 6.45) is 2.81. The fraction of sp³-hybridized carbons (Fsp3) is 0.867. The van der Waals surface area contributed by atoms with E-state index in [-0.39, 0.29) is 24.0 Å². The van der Waals surface area contributed by atoms with Crippen LogP contribution < -0.4 is 10.6 Å². The number of hydrogen-bond donors (Lipinski definition) is 2. The van der Waals surface area contributed by atoms with E-state index in [2.05, 4.69) is 20.4 Å². The lowest BCUT2D eigenvalue weighted by atomic mass is 10.1. The second-order valence-electron chi connectivity index (χ2n) is 6.40. The predicted molar refractivity (Wildman–Crippen MR) is 83.5 cm³/mol. The van der Waals surface area contributed by atoms with E-state index in [1.807, 2.05) is 14.1 Å². The third kappa shape index (κ3) is 5.55. The largest absolute Gasteiger partial charge is 0.374 e. The second kappa shape index (κ2) is 8.45. The Kier molecular flexibility index (Phi) is 6.60. The number of ether oxygens (including phenoxy) is 1. The molecule has 0 aromatic heterocycles. The summed E-state index contributed by atoms with van der Waals surface area (Å²) in [5.74, 6) is -0.133. The zero-order valence-corrected chi connectivity index (χ0v) is 13.6. The summed E-state index contributed by atoms with van der Waals surface area (Å²) < 4.78 is 5.70. The second-order valence-corrected chi connectivity index (χ2v) is 6.40. The molecule has 22 heavy (non-hydrogen) atoms. The summed E-state index contributed by atoms with van der Waals surface area (Å²) in [6.45, 7) is 4.05.